The third kappa shape index (κ3) is 4.55. The van der Waals surface area contributed by atoms with Gasteiger partial charge in [-0.25, -0.2) is 8.42 Å². The highest BCUT2D eigenvalue weighted by atomic mass is 35.5. The lowest BCUT2D eigenvalue weighted by Gasteiger charge is -2.30. The Morgan fingerprint density at radius 1 is 1.13 bits per heavy atom. The van der Waals surface area contributed by atoms with Crippen LogP contribution in [0.4, 0.5) is 11.4 Å². The highest BCUT2D eigenvalue weighted by molar-refractivity contribution is 7.90. The number of nitrogens with zero attached hydrogens (tertiary/aromatic N) is 5. The molecule has 3 aromatic rings. The number of anilines is 2. The van der Waals surface area contributed by atoms with Crippen LogP contribution in [0.1, 0.15) is 5.82 Å². The van der Waals surface area contributed by atoms with Crippen molar-refractivity contribution in [2.75, 3.05) is 42.8 Å². The summed E-state index contributed by atoms with van der Waals surface area (Å²) < 4.78 is 30.3. The molecule has 1 saturated heterocycles. The van der Waals surface area contributed by atoms with Gasteiger partial charge in [0.1, 0.15) is 0 Å². The van der Waals surface area contributed by atoms with Gasteiger partial charge < -0.3 is 15.0 Å². The smallest absolute Gasteiger partial charge is 0.175 e. The molecule has 0 saturated carbocycles. The van der Waals surface area contributed by atoms with Gasteiger partial charge in [-0.05, 0) is 52.9 Å². The fraction of sp³-hybridized carbons (Fsp3) is 0.316. The lowest BCUT2D eigenvalue weighted by Crippen LogP contribution is -2.36. The van der Waals surface area contributed by atoms with E-state index in [-0.39, 0.29) is 4.90 Å². The van der Waals surface area contributed by atoms with E-state index >= 15 is 0 Å². The number of aromatic nitrogens is 4. The first-order valence-electron chi connectivity index (χ1n) is 9.36. The molecule has 0 unspecified atom stereocenters. The van der Waals surface area contributed by atoms with Crippen LogP contribution in [0.15, 0.2) is 47.4 Å². The highest BCUT2D eigenvalue weighted by Crippen LogP contribution is 2.30. The lowest BCUT2D eigenvalue weighted by molar-refractivity contribution is 0.123. The van der Waals surface area contributed by atoms with Crippen LogP contribution in [0, 0.1) is 0 Å². The summed E-state index contributed by atoms with van der Waals surface area (Å²) in [4.78, 5) is 2.49. The van der Waals surface area contributed by atoms with Gasteiger partial charge in [0.15, 0.2) is 15.7 Å². The van der Waals surface area contributed by atoms with Crippen LogP contribution in [-0.2, 0) is 21.1 Å². The predicted molar refractivity (Wildman–Crippen MR) is 114 cm³/mol. The molecule has 0 radical (unpaired) electrons. The first kappa shape index (κ1) is 20.6. The fourth-order valence-corrected chi connectivity index (χ4v) is 4.06. The average Bonchev–Trinajstić information content (AvgIpc) is 3.21. The summed E-state index contributed by atoms with van der Waals surface area (Å²) in [5.74, 6) is 0.579. The Kier molecular flexibility index (Phi) is 5.89. The van der Waals surface area contributed by atoms with Gasteiger partial charge in [0, 0.05) is 24.4 Å². The number of tetrazole rings is 1. The van der Waals surface area contributed by atoms with E-state index in [0.717, 1.165) is 24.5 Å². The van der Waals surface area contributed by atoms with Crippen LogP contribution in [0.2, 0.25) is 5.02 Å². The van der Waals surface area contributed by atoms with Crippen molar-refractivity contribution in [1.29, 1.82) is 0 Å². The van der Waals surface area contributed by atoms with Crippen molar-refractivity contribution >= 4 is 32.8 Å². The third-order valence-corrected chi connectivity index (χ3v) is 6.15. The highest BCUT2D eigenvalue weighted by Gasteiger charge is 2.16. The van der Waals surface area contributed by atoms with Gasteiger partial charge in [-0.3, -0.25) is 0 Å². The Bertz CT molecular complexity index is 1130. The van der Waals surface area contributed by atoms with E-state index < -0.39 is 9.84 Å². The maximum atomic E-state index is 11.7. The van der Waals surface area contributed by atoms with Crippen molar-refractivity contribution in [3.05, 3.63) is 53.3 Å². The summed E-state index contributed by atoms with van der Waals surface area (Å²) in [5.41, 5.74) is 2.59. The van der Waals surface area contributed by atoms with Crippen LogP contribution in [-0.4, -0.2) is 61.2 Å². The summed E-state index contributed by atoms with van der Waals surface area (Å²) >= 11 is 6.22. The Hall–Kier alpha value is -2.69. The molecule has 2 aromatic carbocycles. The number of sulfone groups is 1. The number of benzene rings is 2. The molecule has 1 fully saturated rings. The molecule has 0 aliphatic carbocycles. The molecule has 1 aliphatic heterocycles. The minimum atomic E-state index is -3.26. The number of hydrogen-bond acceptors (Lipinski definition) is 8. The molecule has 0 bridgehead atoms. The zero-order valence-corrected chi connectivity index (χ0v) is 17.9. The van der Waals surface area contributed by atoms with Crippen molar-refractivity contribution in [2.45, 2.75) is 11.4 Å². The quantitative estimate of drug-likeness (QED) is 0.612. The molecule has 4 rings (SSSR count). The second kappa shape index (κ2) is 8.58. The Balaban J connectivity index is 1.55. The predicted octanol–water partition coefficient (Wildman–Crippen LogP) is 2.17. The van der Waals surface area contributed by atoms with Crippen LogP contribution >= 0.6 is 11.6 Å². The summed E-state index contributed by atoms with van der Waals surface area (Å²) in [6.07, 6.45) is 1.17. The molecule has 1 aromatic heterocycles. The molecule has 1 N–H and O–H groups in total. The van der Waals surface area contributed by atoms with E-state index in [1.807, 2.05) is 18.2 Å². The third-order valence-electron chi connectivity index (χ3n) is 4.79. The van der Waals surface area contributed by atoms with Gasteiger partial charge in [0.2, 0.25) is 0 Å². The monoisotopic (exact) mass is 448 g/mol. The van der Waals surface area contributed by atoms with E-state index in [4.69, 9.17) is 16.3 Å². The van der Waals surface area contributed by atoms with Crippen molar-refractivity contribution in [1.82, 2.24) is 20.2 Å². The van der Waals surface area contributed by atoms with E-state index in [1.54, 1.807) is 16.8 Å². The number of morpholine rings is 1. The van der Waals surface area contributed by atoms with E-state index in [2.05, 4.69) is 25.7 Å². The molecule has 0 amide bonds. The molecule has 9 nitrogen and oxygen atoms in total. The maximum Gasteiger partial charge on any atom is 0.175 e. The summed E-state index contributed by atoms with van der Waals surface area (Å²) in [6, 6.07) is 12.2. The Labute approximate surface area is 179 Å². The Morgan fingerprint density at radius 3 is 2.57 bits per heavy atom. The van der Waals surface area contributed by atoms with Gasteiger partial charge in [0.05, 0.1) is 41.7 Å². The number of hydrogen-bond donors (Lipinski definition) is 1. The number of halogens is 1. The molecular formula is C19H21ClN6O3S. The van der Waals surface area contributed by atoms with Crippen LogP contribution in [0.5, 0.6) is 0 Å². The summed E-state index contributed by atoms with van der Waals surface area (Å²) in [5, 5.41) is 15.9. The van der Waals surface area contributed by atoms with Gasteiger partial charge in [-0.15, -0.1) is 5.10 Å². The van der Waals surface area contributed by atoms with Crippen LogP contribution < -0.4 is 10.2 Å². The zero-order chi connectivity index (χ0) is 21.1. The minimum Gasteiger partial charge on any atom is -0.378 e. The summed E-state index contributed by atoms with van der Waals surface area (Å²) in [6.45, 7) is 3.34. The topological polar surface area (TPSA) is 102 Å². The van der Waals surface area contributed by atoms with Gasteiger partial charge >= 0.3 is 0 Å². The maximum absolute atomic E-state index is 11.7. The van der Waals surface area contributed by atoms with Gasteiger partial charge in [0.25, 0.3) is 0 Å². The largest absolute Gasteiger partial charge is 0.378 e. The molecule has 158 valence electrons. The average molecular weight is 449 g/mol. The van der Waals surface area contributed by atoms with Crippen LogP contribution in [0.3, 0.4) is 0 Å². The van der Waals surface area contributed by atoms with E-state index in [1.165, 1.54) is 18.4 Å². The standard InChI is InChI=1S/C19H21ClN6O3S/c1-30(27,28)16-5-3-15(4-6-16)26-19(22-23-24-26)13-21-17-12-14(20)2-7-18(17)25-8-10-29-11-9-25/h2-7,12,21H,8-11,13H2,1H3. The van der Waals surface area contributed by atoms with Crippen molar-refractivity contribution < 1.29 is 13.2 Å². The fourth-order valence-electron chi connectivity index (χ4n) is 3.26. The lowest BCUT2D eigenvalue weighted by atomic mass is 10.2. The molecular weight excluding hydrogens is 428 g/mol. The minimum absolute atomic E-state index is 0.244. The second-order valence-corrected chi connectivity index (χ2v) is 9.34. The first-order valence-corrected chi connectivity index (χ1v) is 11.6. The van der Waals surface area contributed by atoms with E-state index in [0.29, 0.717) is 36.3 Å². The Morgan fingerprint density at radius 2 is 1.87 bits per heavy atom. The number of rotatable bonds is 6. The van der Waals surface area contributed by atoms with Crippen molar-refractivity contribution in [2.24, 2.45) is 0 Å². The number of nitrogens with one attached hydrogen (secondary N) is 1. The SMILES string of the molecule is CS(=O)(=O)c1ccc(-n2nnnc2CNc2cc(Cl)ccc2N2CCOCC2)cc1. The van der Waals surface area contributed by atoms with Crippen LogP contribution in [0.25, 0.3) is 5.69 Å². The summed E-state index contributed by atoms with van der Waals surface area (Å²) in [7, 11) is -3.26. The number of ether oxygens (including phenoxy) is 1. The molecule has 2 heterocycles. The molecule has 30 heavy (non-hydrogen) atoms. The van der Waals surface area contributed by atoms with Crippen molar-refractivity contribution in [3.8, 4) is 5.69 Å². The van der Waals surface area contributed by atoms with Crippen molar-refractivity contribution in [3.63, 3.8) is 0 Å². The molecule has 11 heteroatoms. The molecule has 0 atom stereocenters. The second-order valence-electron chi connectivity index (χ2n) is 6.89. The normalized spacial score (nSPS) is 14.7. The zero-order valence-electron chi connectivity index (χ0n) is 16.3. The van der Waals surface area contributed by atoms with Gasteiger partial charge in [-0.2, -0.15) is 4.68 Å². The molecule has 0 spiro atoms. The van der Waals surface area contributed by atoms with Gasteiger partial charge in [-0.1, -0.05) is 11.6 Å². The van der Waals surface area contributed by atoms with E-state index in [9.17, 15) is 8.42 Å². The first-order chi connectivity index (χ1) is 14.4. The molecule has 1 aliphatic rings.